The fraction of sp³-hybridized carbons (Fsp3) is 0.235. The van der Waals surface area contributed by atoms with Crippen molar-refractivity contribution in [2.45, 2.75) is 26.4 Å². The molecule has 8 heteroatoms. The Kier molecular flexibility index (Phi) is 4.85. The number of hydrogen-bond acceptors (Lipinski definition) is 5. The quantitative estimate of drug-likeness (QED) is 0.737. The van der Waals surface area contributed by atoms with Gasteiger partial charge < -0.3 is 0 Å². The Morgan fingerprint density at radius 2 is 2.04 bits per heavy atom. The molecule has 0 atom stereocenters. The molecule has 0 radical (unpaired) electrons. The average molecular weight is 335 g/mol. The molecule has 0 unspecified atom stereocenters. The summed E-state index contributed by atoms with van der Waals surface area (Å²) in [7, 11) is 0. The van der Waals surface area contributed by atoms with Crippen molar-refractivity contribution in [3.8, 4) is 6.07 Å². The molecule has 0 saturated carbocycles. The van der Waals surface area contributed by atoms with Crippen LogP contribution in [0, 0.1) is 11.3 Å². The molecule has 3 aromatic rings. The summed E-state index contributed by atoms with van der Waals surface area (Å²) >= 11 is 0. The molecule has 0 fully saturated rings. The summed E-state index contributed by atoms with van der Waals surface area (Å²) in [4.78, 5) is 16.1. The maximum atomic E-state index is 12.0. The van der Waals surface area contributed by atoms with E-state index in [1.54, 1.807) is 34.0 Å². The largest absolute Gasteiger partial charge is 0.293 e. The van der Waals surface area contributed by atoms with E-state index in [2.05, 4.69) is 26.6 Å². The zero-order chi connectivity index (χ0) is 17.6. The first-order chi connectivity index (χ1) is 12.2. The number of rotatable bonds is 6. The van der Waals surface area contributed by atoms with Gasteiger partial charge in [-0.05, 0) is 30.2 Å². The van der Waals surface area contributed by atoms with E-state index in [4.69, 9.17) is 5.26 Å². The first-order valence-electron chi connectivity index (χ1n) is 7.86. The average Bonchev–Trinajstić information content (AvgIpc) is 3.25. The zero-order valence-electron chi connectivity index (χ0n) is 13.8. The van der Waals surface area contributed by atoms with Crippen LogP contribution < -0.4 is 5.32 Å². The summed E-state index contributed by atoms with van der Waals surface area (Å²) in [5.41, 5.74) is 2.45. The smallest absolute Gasteiger partial charge is 0.248 e. The molecule has 2 aromatic heterocycles. The lowest BCUT2D eigenvalue weighted by molar-refractivity contribution is -0.115. The molecule has 0 aliphatic carbocycles. The molecule has 25 heavy (non-hydrogen) atoms. The third-order valence-corrected chi connectivity index (χ3v) is 3.59. The minimum absolute atomic E-state index is 0.188. The second kappa shape index (κ2) is 7.40. The molecule has 1 aromatic carbocycles. The van der Waals surface area contributed by atoms with Crippen LogP contribution in [-0.2, 0) is 24.3 Å². The van der Waals surface area contributed by atoms with Gasteiger partial charge in [0, 0.05) is 12.7 Å². The van der Waals surface area contributed by atoms with Gasteiger partial charge in [-0.2, -0.15) is 10.4 Å². The molecule has 0 aliphatic heterocycles. The number of aromatic nitrogens is 5. The SMILES string of the molecule is CCn1cc(CC(=O)Nc2ncn(Cc3ccc(C#N)cc3)n2)cn1. The van der Waals surface area contributed by atoms with Crippen LogP contribution in [0.2, 0.25) is 0 Å². The topological polar surface area (TPSA) is 101 Å². The van der Waals surface area contributed by atoms with Crippen molar-refractivity contribution >= 4 is 11.9 Å². The van der Waals surface area contributed by atoms with Gasteiger partial charge in [0.15, 0.2) is 0 Å². The first-order valence-corrected chi connectivity index (χ1v) is 7.86. The lowest BCUT2D eigenvalue weighted by atomic mass is 10.1. The number of nitriles is 1. The highest BCUT2D eigenvalue weighted by Gasteiger charge is 2.09. The third-order valence-electron chi connectivity index (χ3n) is 3.59. The second-order valence-corrected chi connectivity index (χ2v) is 5.50. The van der Waals surface area contributed by atoms with Gasteiger partial charge in [-0.3, -0.25) is 14.8 Å². The number of nitrogens with one attached hydrogen (secondary N) is 1. The van der Waals surface area contributed by atoms with Crippen molar-refractivity contribution in [2.24, 2.45) is 0 Å². The van der Waals surface area contributed by atoms with Gasteiger partial charge in [0.25, 0.3) is 0 Å². The number of nitrogens with zero attached hydrogens (tertiary/aromatic N) is 6. The van der Waals surface area contributed by atoms with Crippen LogP contribution in [-0.4, -0.2) is 30.5 Å². The Bertz CT molecular complexity index is 902. The van der Waals surface area contributed by atoms with E-state index in [1.807, 2.05) is 25.3 Å². The van der Waals surface area contributed by atoms with Gasteiger partial charge in [0.1, 0.15) is 6.33 Å². The Morgan fingerprint density at radius 1 is 1.24 bits per heavy atom. The van der Waals surface area contributed by atoms with Crippen molar-refractivity contribution < 1.29 is 4.79 Å². The van der Waals surface area contributed by atoms with E-state index < -0.39 is 0 Å². The van der Waals surface area contributed by atoms with Crippen LogP contribution in [0.1, 0.15) is 23.6 Å². The maximum absolute atomic E-state index is 12.0. The van der Waals surface area contributed by atoms with Gasteiger partial charge in [-0.15, -0.1) is 5.10 Å². The first kappa shape index (κ1) is 16.4. The molecule has 8 nitrogen and oxygen atoms in total. The van der Waals surface area contributed by atoms with Crippen molar-refractivity contribution in [1.82, 2.24) is 24.5 Å². The molecular formula is C17H17N7O. The molecule has 3 rings (SSSR count). The zero-order valence-corrected chi connectivity index (χ0v) is 13.8. The van der Waals surface area contributed by atoms with Crippen molar-refractivity contribution in [3.05, 3.63) is 59.7 Å². The van der Waals surface area contributed by atoms with Crippen LogP contribution in [0.3, 0.4) is 0 Å². The normalized spacial score (nSPS) is 10.4. The fourth-order valence-corrected chi connectivity index (χ4v) is 2.32. The van der Waals surface area contributed by atoms with Crippen LogP contribution in [0.25, 0.3) is 0 Å². The third kappa shape index (κ3) is 4.29. The molecule has 1 N–H and O–H groups in total. The summed E-state index contributed by atoms with van der Waals surface area (Å²) < 4.78 is 3.40. The van der Waals surface area contributed by atoms with E-state index in [0.29, 0.717) is 12.1 Å². The molecule has 0 bridgehead atoms. The predicted molar refractivity (Wildman–Crippen MR) is 90.5 cm³/mol. The van der Waals surface area contributed by atoms with E-state index in [1.165, 1.54) is 0 Å². The van der Waals surface area contributed by atoms with Crippen molar-refractivity contribution in [1.29, 1.82) is 5.26 Å². The summed E-state index contributed by atoms with van der Waals surface area (Å²) in [5, 5.41) is 19.9. The molecule has 1 amide bonds. The number of carbonyl (C=O) groups excluding carboxylic acids is 1. The summed E-state index contributed by atoms with van der Waals surface area (Å²) in [6.07, 6.45) is 5.31. The number of carbonyl (C=O) groups is 1. The minimum atomic E-state index is -0.188. The standard InChI is InChI=1S/C17H17N7O/c1-2-23-11-15(9-20-23)7-16(25)21-17-19-12-24(22-17)10-14-5-3-13(8-18)4-6-14/h3-6,9,11-12H,2,7,10H2,1H3,(H,21,22,25). The monoisotopic (exact) mass is 335 g/mol. The predicted octanol–water partition coefficient (Wildman–Crippen LogP) is 1.60. The Hall–Kier alpha value is -3.47. The van der Waals surface area contributed by atoms with Gasteiger partial charge in [-0.25, -0.2) is 9.67 Å². The highest BCUT2D eigenvalue weighted by Crippen LogP contribution is 2.07. The molecule has 0 spiro atoms. The lowest BCUT2D eigenvalue weighted by Crippen LogP contribution is -2.15. The van der Waals surface area contributed by atoms with Crippen LogP contribution in [0.4, 0.5) is 5.95 Å². The second-order valence-electron chi connectivity index (χ2n) is 5.50. The number of hydrogen-bond donors (Lipinski definition) is 1. The molecule has 2 heterocycles. The lowest BCUT2D eigenvalue weighted by Gasteiger charge is -2.01. The molecule has 126 valence electrons. The minimum Gasteiger partial charge on any atom is -0.293 e. The fourth-order valence-electron chi connectivity index (χ4n) is 2.32. The Morgan fingerprint density at radius 3 is 2.72 bits per heavy atom. The van der Waals surface area contributed by atoms with Crippen molar-refractivity contribution in [3.63, 3.8) is 0 Å². The number of aryl methyl sites for hydroxylation is 1. The molecule has 0 saturated heterocycles. The summed E-state index contributed by atoms with van der Waals surface area (Å²) in [5.74, 6) is 0.0771. The number of amides is 1. The van der Waals surface area contributed by atoms with Gasteiger partial charge in [0.2, 0.25) is 11.9 Å². The van der Waals surface area contributed by atoms with E-state index >= 15 is 0 Å². The number of anilines is 1. The maximum Gasteiger partial charge on any atom is 0.248 e. The molecule has 0 aliphatic rings. The van der Waals surface area contributed by atoms with E-state index in [9.17, 15) is 4.79 Å². The van der Waals surface area contributed by atoms with Crippen LogP contribution in [0.5, 0.6) is 0 Å². The van der Waals surface area contributed by atoms with E-state index in [-0.39, 0.29) is 18.3 Å². The number of benzene rings is 1. The van der Waals surface area contributed by atoms with Gasteiger partial charge in [0.05, 0.1) is 30.8 Å². The Labute approximate surface area is 144 Å². The van der Waals surface area contributed by atoms with Crippen LogP contribution >= 0.6 is 0 Å². The highest BCUT2D eigenvalue weighted by molar-refractivity contribution is 5.90. The van der Waals surface area contributed by atoms with Gasteiger partial charge in [-0.1, -0.05) is 12.1 Å². The van der Waals surface area contributed by atoms with Crippen LogP contribution in [0.15, 0.2) is 43.0 Å². The highest BCUT2D eigenvalue weighted by atomic mass is 16.1. The van der Waals surface area contributed by atoms with E-state index in [0.717, 1.165) is 17.7 Å². The summed E-state index contributed by atoms with van der Waals surface area (Å²) in [6, 6.07) is 9.32. The van der Waals surface area contributed by atoms with Gasteiger partial charge >= 0.3 is 0 Å². The molecular weight excluding hydrogens is 318 g/mol. The summed E-state index contributed by atoms with van der Waals surface area (Å²) in [6.45, 7) is 3.27. The Balaban J connectivity index is 1.57. The van der Waals surface area contributed by atoms with Crippen molar-refractivity contribution in [2.75, 3.05) is 5.32 Å².